The molecule has 0 unspecified atom stereocenters. The van der Waals surface area contributed by atoms with Gasteiger partial charge in [0.1, 0.15) is 5.15 Å². The molecule has 6 heteroatoms. The number of rotatable bonds is 5. The monoisotopic (exact) mass is 467 g/mol. The molecule has 1 aromatic carbocycles. The van der Waals surface area contributed by atoms with Crippen molar-refractivity contribution in [3.8, 4) is 11.8 Å². The number of halogens is 1. The summed E-state index contributed by atoms with van der Waals surface area (Å²) in [6.07, 6.45) is 5.81. The molecular formula is C27H34ClN3O2. The molecule has 4 rings (SSSR count). The number of anilines is 1. The van der Waals surface area contributed by atoms with Crippen molar-refractivity contribution < 1.29 is 9.84 Å². The van der Waals surface area contributed by atoms with Crippen molar-refractivity contribution in [2.24, 2.45) is 5.92 Å². The summed E-state index contributed by atoms with van der Waals surface area (Å²) in [6.45, 7) is 8.38. The third-order valence-electron chi connectivity index (χ3n) is 6.76. The van der Waals surface area contributed by atoms with Crippen molar-refractivity contribution in [1.82, 2.24) is 9.88 Å². The van der Waals surface area contributed by atoms with Gasteiger partial charge in [-0.15, -0.1) is 0 Å². The summed E-state index contributed by atoms with van der Waals surface area (Å²) in [5, 5.41) is 14.4. The fourth-order valence-corrected chi connectivity index (χ4v) is 4.82. The number of aromatic nitrogens is 1. The number of aliphatic hydroxyl groups is 1. The van der Waals surface area contributed by atoms with Crippen molar-refractivity contribution in [3.05, 3.63) is 58.4 Å². The van der Waals surface area contributed by atoms with Gasteiger partial charge in [0, 0.05) is 37.4 Å². The van der Waals surface area contributed by atoms with Crippen molar-refractivity contribution in [2.45, 2.75) is 57.7 Å². The van der Waals surface area contributed by atoms with Crippen molar-refractivity contribution in [1.29, 1.82) is 0 Å². The van der Waals surface area contributed by atoms with Gasteiger partial charge in [-0.1, -0.05) is 35.6 Å². The van der Waals surface area contributed by atoms with E-state index in [1.807, 2.05) is 19.9 Å². The summed E-state index contributed by atoms with van der Waals surface area (Å²) >= 11 is 6.19. The molecule has 1 aromatic heterocycles. The van der Waals surface area contributed by atoms with E-state index < -0.39 is 5.60 Å². The van der Waals surface area contributed by atoms with Crippen LogP contribution < -0.4 is 5.32 Å². The predicted octanol–water partition coefficient (Wildman–Crippen LogP) is 4.71. The minimum Gasteiger partial charge on any atom is -0.390 e. The maximum atomic E-state index is 10.3. The van der Waals surface area contributed by atoms with Crippen LogP contribution in [-0.2, 0) is 11.3 Å². The number of nitrogens with zero attached hydrogens (tertiary/aromatic N) is 2. The van der Waals surface area contributed by atoms with Crippen LogP contribution in [0.25, 0.3) is 0 Å². The van der Waals surface area contributed by atoms with Crippen LogP contribution in [0.4, 0.5) is 5.69 Å². The van der Waals surface area contributed by atoms with Gasteiger partial charge in [-0.05, 0) is 69.2 Å². The molecule has 1 aliphatic heterocycles. The smallest absolute Gasteiger partial charge is 0.131 e. The lowest BCUT2D eigenvalue weighted by atomic mass is 9.77. The first-order valence-electron chi connectivity index (χ1n) is 11.9. The third-order valence-corrected chi connectivity index (χ3v) is 6.97. The molecule has 1 saturated heterocycles. The largest absolute Gasteiger partial charge is 0.390 e. The van der Waals surface area contributed by atoms with Crippen LogP contribution >= 0.6 is 11.6 Å². The zero-order valence-electron chi connectivity index (χ0n) is 19.6. The summed E-state index contributed by atoms with van der Waals surface area (Å²) in [5.74, 6) is 6.90. The molecule has 1 saturated carbocycles. The number of pyridine rings is 1. The Morgan fingerprint density at radius 2 is 1.82 bits per heavy atom. The topological polar surface area (TPSA) is 57.6 Å². The molecule has 2 fully saturated rings. The highest BCUT2D eigenvalue weighted by molar-refractivity contribution is 6.29. The summed E-state index contributed by atoms with van der Waals surface area (Å²) < 4.78 is 5.42. The van der Waals surface area contributed by atoms with Gasteiger partial charge in [-0.2, -0.15) is 0 Å². The van der Waals surface area contributed by atoms with Crippen LogP contribution in [0.5, 0.6) is 0 Å². The predicted molar refractivity (Wildman–Crippen MR) is 133 cm³/mol. The zero-order chi connectivity index (χ0) is 23.3. The molecule has 0 radical (unpaired) electrons. The van der Waals surface area contributed by atoms with Gasteiger partial charge in [0.25, 0.3) is 0 Å². The number of hydrogen-bond donors (Lipinski definition) is 2. The fraction of sp³-hybridized carbons (Fsp3) is 0.519. The van der Waals surface area contributed by atoms with E-state index in [0.29, 0.717) is 17.1 Å². The quantitative estimate of drug-likeness (QED) is 0.492. The van der Waals surface area contributed by atoms with Crippen LogP contribution in [0, 0.1) is 17.8 Å². The first-order valence-corrected chi connectivity index (χ1v) is 12.3. The summed E-state index contributed by atoms with van der Waals surface area (Å²) in [7, 11) is 0. The maximum absolute atomic E-state index is 10.3. The Balaban J connectivity index is 1.40. The van der Waals surface area contributed by atoms with Gasteiger partial charge in [0.05, 0.1) is 30.1 Å². The van der Waals surface area contributed by atoms with Gasteiger partial charge in [0.2, 0.25) is 0 Å². The molecule has 2 N–H and O–H groups in total. The molecule has 5 nitrogen and oxygen atoms in total. The number of hydrogen-bond acceptors (Lipinski definition) is 5. The number of nitrogens with one attached hydrogen (secondary N) is 1. The van der Waals surface area contributed by atoms with Gasteiger partial charge in [-0.25, -0.2) is 4.98 Å². The molecule has 0 bridgehead atoms. The highest BCUT2D eigenvalue weighted by atomic mass is 35.5. The van der Waals surface area contributed by atoms with E-state index in [1.165, 1.54) is 5.56 Å². The van der Waals surface area contributed by atoms with Crippen LogP contribution in [0.1, 0.15) is 56.2 Å². The number of benzene rings is 1. The van der Waals surface area contributed by atoms with Gasteiger partial charge < -0.3 is 15.2 Å². The van der Waals surface area contributed by atoms with Crippen LogP contribution in [0.3, 0.4) is 0 Å². The van der Waals surface area contributed by atoms with Crippen LogP contribution in [0.2, 0.25) is 5.15 Å². The molecule has 33 heavy (non-hydrogen) atoms. The molecule has 0 atom stereocenters. The highest BCUT2D eigenvalue weighted by Gasteiger charge is 2.31. The molecule has 2 heterocycles. The van der Waals surface area contributed by atoms with E-state index in [2.05, 4.69) is 51.3 Å². The van der Waals surface area contributed by atoms with E-state index in [4.69, 9.17) is 16.3 Å². The lowest BCUT2D eigenvalue weighted by molar-refractivity contribution is -0.000393. The van der Waals surface area contributed by atoms with Crippen LogP contribution in [-0.4, -0.2) is 52.9 Å². The van der Waals surface area contributed by atoms with Gasteiger partial charge in [-0.3, -0.25) is 4.90 Å². The Hall–Kier alpha value is -2.10. The molecule has 2 aliphatic rings. The lowest BCUT2D eigenvalue weighted by Crippen LogP contribution is -2.37. The maximum Gasteiger partial charge on any atom is 0.131 e. The average molecular weight is 468 g/mol. The average Bonchev–Trinajstić information content (AvgIpc) is 2.80. The van der Waals surface area contributed by atoms with Crippen molar-refractivity contribution in [3.63, 3.8) is 0 Å². The Bertz CT molecular complexity index is 977. The van der Waals surface area contributed by atoms with Crippen molar-refractivity contribution >= 4 is 17.3 Å². The zero-order valence-corrected chi connectivity index (χ0v) is 20.4. The number of ether oxygens (including phenoxy) is 1. The van der Waals surface area contributed by atoms with Gasteiger partial charge >= 0.3 is 0 Å². The standard InChI is InChI=1S/C27H34ClN3O2/c1-27(2,32)23-9-11-24(12-10-23)30-25-17-26(28)29-18-22(25)8-7-20-3-5-21(6-4-20)19-31-13-15-33-16-14-31/h3-6,17-18,23-24,32H,9-16,19H2,1-2H3,(H,29,30). The van der Waals surface area contributed by atoms with Crippen LogP contribution in [0.15, 0.2) is 36.5 Å². The molecule has 176 valence electrons. The Kier molecular flexibility index (Phi) is 7.93. The molecule has 1 aliphatic carbocycles. The lowest BCUT2D eigenvalue weighted by Gasteiger charge is -2.36. The summed E-state index contributed by atoms with van der Waals surface area (Å²) in [6, 6.07) is 10.7. The second-order valence-corrected chi connectivity index (χ2v) is 10.1. The Morgan fingerprint density at radius 3 is 2.48 bits per heavy atom. The van der Waals surface area contributed by atoms with E-state index in [-0.39, 0.29) is 0 Å². The second kappa shape index (κ2) is 10.9. The van der Waals surface area contributed by atoms with E-state index in [1.54, 1.807) is 6.20 Å². The van der Waals surface area contributed by atoms with E-state index in [0.717, 1.165) is 75.3 Å². The third kappa shape index (κ3) is 6.94. The minimum absolute atomic E-state index is 0.349. The minimum atomic E-state index is -0.612. The van der Waals surface area contributed by atoms with Gasteiger partial charge in [0.15, 0.2) is 0 Å². The molecule has 0 spiro atoms. The molecule has 0 amide bonds. The summed E-state index contributed by atoms with van der Waals surface area (Å²) in [4.78, 5) is 6.66. The van der Waals surface area contributed by atoms with E-state index in [9.17, 15) is 5.11 Å². The summed E-state index contributed by atoms with van der Waals surface area (Å²) in [5.41, 5.74) is 3.44. The number of morpholine rings is 1. The fourth-order valence-electron chi connectivity index (χ4n) is 4.66. The van der Waals surface area contributed by atoms with Crippen molar-refractivity contribution in [2.75, 3.05) is 31.6 Å². The molecular weight excluding hydrogens is 434 g/mol. The first kappa shape index (κ1) is 24.0. The SMILES string of the molecule is CC(C)(O)C1CCC(Nc2cc(Cl)ncc2C#Cc2ccc(CN3CCOCC3)cc2)CC1. The second-order valence-electron chi connectivity index (χ2n) is 9.73. The highest BCUT2D eigenvalue weighted by Crippen LogP contribution is 2.34. The normalized spacial score (nSPS) is 21.8. The molecule has 2 aromatic rings. The first-order chi connectivity index (χ1) is 15.9. The Morgan fingerprint density at radius 1 is 1.12 bits per heavy atom. The Labute approximate surface area is 202 Å². The van der Waals surface area contributed by atoms with E-state index >= 15 is 0 Å².